The number of likely N-dealkylation sites (tertiary alicyclic amines) is 2. The lowest BCUT2D eigenvalue weighted by Crippen LogP contribution is -2.68. The molecule has 1 aromatic heterocycles. The van der Waals surface area contributed by atoms with Gasteiger partial charge in [-0.2, -0.15) is 0 Å². The van der Waals surface area contributed by atoms with E-state index in [-0.39, 0.29) is 12.0 Å². The van der Waals surface area contributed by atoms with Gasteiger partial charge in [0.25, 0.3) is 5.91 Å². The fraction of sp³-hybridized carbons (Fsp3) is 0.478. The first-order chi connectivity index (χ1) is 13.6. The van der Waals surface area contributed by atoms with Crippen molar-refractivity contribution in [2.24, 2.45) is 5.92 Å². The molecule has 0 N–H and O–H groups in total. The quantitative estimate of drug-likeness (QED) is 0.798. The molecule has 2 unspecified atom stereocenters. The third-order valence-corrected chi connectivity index (χ3v) is 6.09. The molecule has 4 rings (SSSR count). The molecule has 2 aliphatic heterocycles. The van der Waals surface area contributed by atoms with Crippen LogP contribution in [0.1, 0.15) is 37.0 Å². The molecule has 1 amide bonds. The molecular formula is C23H29N3O2. The number of aromatic nitrogens is 1. The first-order valence-electron chi connectivity index (χ1n) is 10.3. The van der Waals surface area contributed by atoms with Gasteiger partial charge in [-0.15, -0.1) is 0 Å². The van der Waals surface area contributed by atoms with E-state index in [4.69, 9.17) is 4.74 Å². The molecule has 2 aromatic rings. The Labute approximate surface area is 167 Å². The lowest BCUT2D eigenvalue weighted by Gasteiger charge is -2.54. The van der Waals surface area contributed by atoms with Gasteiger partial charge in [0.1, 0.15) is 11.9 Å². The Bertz CT molecular complexity index is 773. The second-order valence-electron chi connectivity index (χ2n) is 8.12. The van der Waals surface area contributed by atoms with Gasteiger partial charge in [-0.05, 0) is 56.9 Å². The number of hydrogen-bond acceptors (Lipinski definition) is 4. The Morgan fingerprint density at radius 3 is 2.39 bits per heavy atom. The number of ether oxygens (including phenoxy) is 1. The van der Waals surface area contributed by atoms with Crippen LogP contribution in [-0.2, 0) is 0 Å². The van der Waals surface area contributed by atoms with E-state index in [9.17, 15) is 4.79 Å². The van der Waals surface area contributed by atoms with Crippen molar-refractivity contribution in [2.75, 3.05) is 19.6 Å². The van der Waals surface area contributed by atoms with Gasteiger partial charge >= 0.3 is 0 Å². The standard InChI is InChI=1S/C23H29N3O2/c1-17(2)26-16-21(28-20-6-4-3-5-7-20)22(26)18-10-14-25(15-11-18)23(27)19-8-12-24-13-9-19/h3-9,12-13,17-18,21-22H,10-11,14-16H2,1-2H3. The van der Waals surface area contributed by atoms with E-state index < -0.39 is 0 Å². The van der Waals surface area contributed by atoms with Crippen molar-refractivity contribution < 1.29 is 9.53 Å². The van der Waals surface area contributed by atoms with Gasteiger partial charge < -0.3 is 9.64 Å². The SMILES string of the molecule is CC(C)N1CC(Oc2ccccc2)C1C1CCN(C(=O)c2ccncc2)CC1. The fourth-order valence-corrected chi connectivity index (χ4v) is 4.54. The molecule has 1 aromatic carbocycles. The van der Waals surface area contributed by atoms with E-state index in [0.29, 0.717) is 18.0 Å². The molecule has 0 bridgehead atoms. The summed E-state index contributed by atoms with van der Waals surface area (Å²) in [5, 5.41) is 0. The van der Waals surface area contributed by atoms with Crippen LogP contribution >= 0.6 is 0 Å². The van der Waals surface area contributed by atoms with Crippen molar-refractivity contribution in [3.05, 3.63) is 60.4 Å². The number of benzene rings is 1. The molecule has 28 heavy (non-hydrogen) atoms. The van der Waals surface area contributed by atoms with Gasteiger partial charge in [0.2, 0.25) is 0 Å². The molecule has 0 spiro atoms. The maximum Gasteiger partial charge on any atom is 0.253 e. The van der Waals surface area contributed by atoms with Crippen molar-refractivity contribution in [1.82, 2.24) is 14.8 Å². The fourth-order valence-electron chi connectivity index (χ4n) is 4.54. The minimum Gasteiger partial charge on any atom is -0.487 e. The summed E-state index contributed by atoms with van der Waals surface area (Å²) in [6.45, 7) is 7.12. The van der Waals surface area contributed by atoms with Crippen LogP contribution in [0.3, 0.4) is 0 Å². The molecule has 3 heterocycles. The van der Waals surface area contributed by atoms with Crippen LogP contribution in [0.15, 0.2) is 54.9 Å². The van der Waals surface area contributed by atoms with Crippen LogP contribution in [0.2, 0.25) is 0 Å². The van der Waals surface area contributed by atoms with E-state index in [2.05, 4.69) is 23.7 Å². The minimum absolute atomic E-state index is 0.118. The third-order valence-electron chi connectivity index (χ3n) is 6.09. The Kier molecular flexibility index (Phi) is 5.62. The normalized spacial score (nSPS) is 23.5. The van der Waals surface area contributed by atoms with Crippen LogP contribution in [0.4, 0.5) is 0 Å². The summed E-state index contributed by atoms with van der Waals surface area (Å²) in [4.78, 5) is 21.2. The zero-order valence-corrected chi connectivity index (χ0v) is 16.7. The average molecular weight is 380 g/mol. The van der Waals surface area contributed by atoms with Crippen molar-refractivity contribution in [1.29, 1.82) is 0 Å². The van der Waals surface area contributed by atoms with Gasteiger partial charge in [0.05, 0.1) is 6.04 Å². The highest BCUT2D eigenvalue weighted by atomic mass is 16.5. The van der Waals surface area contributed by atoms with E-state index in [1.54, 1.807) is 24.5 Å². The number of pyridine rings is 1. The molecule has 2 atom stereocenters. The van der Waals surface area contributed by atoms with Crippen LogP contribution in [0.25, 0.3) is 0 Å². The lowest BCUT2D eigenvalue weighted by molar-refractivity contribution is -0.0983. The molecule has 0 radical (unpaired) electrons. The average Bonchev–Trinajstić information content (AvgIpc) is 2.72. The topological polar surface area (TPSA) is 45.7 Å². The Morgan fingerprint density at radius 1 is 1.07 bits per heavy atom. The summed E-state index contributed by atoms with van der Waals surface area (Å²) in [6.07, 6.45) is 5.65. The summed E-state index contributed by atoms with van der Waals surface area (Å²) in [7, 11) is 0. The predicted octanol–water partition coefficient (Wildman–Crippen LogP) is 3.47. The molecular weight excluding hydrogens is 350 g/mol. The highest BCUT2D eigenvalue weighted by molar-refractivity contribution is 5.94. The Hall–Kier alpha value is -2.40. The molecule has 5 nitrogen and oxygen atoms in total. The monoisotopic (exact) mass is 379 g/mol. The van der Waals surface area contributed by atoms with Crippen molar-refractivity contribution in [2.45, 2.75) is 44.9 Å². The van der Waals surface area contributed by atoms with Crippen LogP contribution in [-0.4, -0.2) is 58.5 Å². The maximum absolute atomic E-state index is 12.7. The van der Waals surface area contributed by atoms with E-state index >= 15 is 0 Å². The van der Waals surface area contributed by atoms with Crippen LogP contribution in [0, 0.1) is 5.92 Å². The third kappa shape index (κ3) is 3.90. The summed E-state index contributed by atoms with van der Waals surface area (Å²) < 4.78 is 6.31. The van der Waals surface area contributed by atoms with Crippen LogP contribution in [0.5, 0.6) is 5.75 Å². The van der Waals surface area contributed by atoms with E-state index in [1.165, 1.54) is 0 Å². The van der Waals surface area contributed by atoms with Crippen LogP contribution < -0.4 is 4.74 Å². The van der Waals surface area contributed by atoms with Gasteiger partial charge in [0.15, 0.2) is 0 Å². The minimum atomic E-state index is 0.118. The lowest BCUT2D eigenvalue weighted by atomic mass is 9.79. The second-order valence-corrected chi connectivity index (χ2v) is 8.12. The zero-order chi connectivity index (χ0) is 19.5. The number of carbonyl (C=O) groups excluding carboxylic acids is 1. The number of hydrogen-bond donors (Lipinski definition) is 0. The summed E-state index contributed by atoms with van der Waals surface area (Å²) >= 11 is 0. The van der Waals surface area contributed by atoms with Gasteiger partial charge in [-0.25, -0.2) is 0 Å². The maximum atomic E-state index is 12.7. The molecule has 2 saturated heterocycles. The Morgan fingerprint density at radius 2 is 1.75 bits per heavy atom. The summed E-state index contributed by atoms with van der Waals surface area (Å²) in [5.41, 5.74) is 0.728. The number of carbonyl (C=O) groups is 1. The molecule has 5 heteroatoms. The van der Waals surface area contributed by atoms with Gasteiger partial charge in [0, 0.05) is 43.6 Å². The number of amides is 1. The first kappa shape index (κ1) is 18.9. The second kappa shape index (κ2) is 8.31. The van der Waals surface area contributed by atoms with E-state index in [0.717, 1.165) is 43.8 Å². The molecule has 0 aliphatic carbocycles. The van der Waals surface area contributed by atoms with Crippen molar-refractivity contribution in [3.8, 4) is 5.75 Å². The molecule has 2 fully saturated rings. The number of para-hydroxylation sites is 1. The Balaban J connectivity index is 1.39. The zero-order valence-electron chi connectivity index (χ0n) is 16.7. The van der Waals surface area contributed by atoms with Gasteiger partial charge in [-0.3, -0.25) is 14.7 Å². The first-order valence-corrected chi connectivity index (χ1v) is 10.3. The van der Waals surface area contributed by atoms with Crippen molar-refractivity contribution in [3.63, 3.8) is 0 Å². The molecule has 0 saturated carbocycles. The summed E-state index contributed by atoms with van der Waals surface area (Å²) in [6, 6.07) is 14.7. The predicted molar refractivity (Wildman–Crippen MR) is 109 cm³/mol. The smallest absolute Gasteiger partial charge is 0.253 e. The molecule has 2 aliphatic rings. The molecule has 148 valence electrons. The number of nitrogens with zero attached hydrogens (tertiary/aromatic N) is 3. The highest BCUT2D eigenvalue weighted by Crippen LogP contribution is 2.36. The van der Waals surface area contributed by atoms with E-state index in [1.807, 2.05) is 35.2 Å². The summed E-state index contributed by atoms with van der Waals surface area (Å²) in [5.74, 6) is 1.63. The highest BCUT2D eigenvalue weighted by Gasteiger charge is 2.47. The number of piperidine rings is 1. The number of rotatable bonds is 5. The van der Waals surface area contributed by atoms with Crippen molar-refractivity contribution >= 4 is 5.91 Å². The van der Waals surface area contributed by atoms with Gasteiger partial charge in [-0.1, -0.05) is 18.2 Å². The largest absolute Gasteiger partial charge is 0.487 e.